The number of fused-ring (bicyclic) bond motifs is 5. The molecule has 1 aliphatic heterocycles. The summed E-state index contributed by atoms with van der Waals surface area (Å²) >= 11 is 0. The Morgan fingerprint density at radius 2 is 1.57 bits per heavy atom. The highest BCUT2D eigenvalue weighted by atomic mass is 16.6. The second-order valence-electron chi connectivity index (χ2n) is 4.25. The molecule has 1 saturated carbocycles. The molecule has 74 valence electrons. The van der Waals surface area contributed by atoms with Crippen LogP contribution in [0.3, 0.4) is 0 Å². The van der Waals surface area contributed by atoms with E-state index in [1.807, 2.05) is 12.2 Å². The van der Waals surface area contributed by atoms with Crippen molar-refractivity contribution in [1.29, 1.82) is 0 Å². The maximum absolute atomic E-state index is 11.5. The molecular weight excluding hydrogens is 184 g/mol. The van der Waals surface area contributed by atoms with E-state index in [1.54, 1.807) is 0 Å². The van der Waals surface area contributed by atoms with Gasteiger partial charge < -0.3 is 16.2 Å². The molecule has 4 N–H and O–H groups in total. The molecule has 0 aromatic rings. The molecule has 14 heavy (non-hydrogen) atoms. The SMILES string of the molecule is NC12C(=O)OC(=O)C1(N)C1C=CC2C1. The molecule has 0 amide bonds. The molecule has 1 saturated heterocycles. The molecule has 4 atom stereocenters. The lowest BCUT2D eigenvalue weighted by molar-refractivity contribution is -0.155. The fourth-order valence-electron chi connectivity index (χ4n) is 2.88. The van der Waals surface area contributed by atoms with Gasteiger partial charge in [-0.05, 0) is 6.42 Å². The Morgan fingerprint density at radius 3 is 2.00 bits per heavy atom. The molecular formula is C9H10N2O3. The molecule has 3 rings (SSSR count). The van der Waals surface area contributed by atoms with Crippen molar-refractivity contribution >= 4 is 11.9 Å². The fraction of sp³-hybridized carbons (Fsp3) is 0.556. The largest absolute Gasteiger partial charge is 0.390 e. The van der Waals surface area contributed by atoms with Crippen molar-refractivity contribution in [1.82, 2.24) is 0 Å². The quantitative estimate of drug-likeness (QED) is 0.283. The van der Waals surface area contributed by atoms with Gasteiger partial charge in [0.25, 0.3) is 0 Å². The number of carbonyl (C=O) groups is 2. The molecule has 4 unspecified atom stereocenters. The first-order valence-electron chi connectivity index (χ1n) is 4.54. The van der Waals surface area contributed by atoms with E-state index in [0.717, 1.165) is 0 Å². The highest BCUT2D eigenvalue weighted by Gasteiger charge is 2.75. The van der Waals surface area contributed by atoms with Crippen molar-refractivity contribution < 1.29 is 14.3 Å². The van der Waals surface area contributed by atoms with Gasteiger partial charge in [0, 0.05) is 11.8 Å². The minimum atomic E-state index is -1.33. The van der Waals surface area contributed by atoms with Gasteiger partial charge in [0.2, 0.25) is 0 Å². The Balaban J connectivity index is 2.26. The fourth-order valence-corrected chi connectivity index (χ4v) is 2.88. The van der Waals surface area contributed by atoms with E-state index in [4.69, 9.17) is 11.5 Å². The summed E-state index contributed by atoms with van der Waals surface area (Å²) in [5.74, 6) is -1.67. The Bertz CT molecular complexity index is 358. The van der Waals surface area contributed by atoms with E-state index in [1.165, 1.54) is 0 Å². The maximum atomic E-state index is 11.5. The maximum Gasteiger partial charge on any atom is 0.337 e. The zero-order valence-electron chi connectivity index (χ0n) is 7.40. The Kier molecular flexibility index (Phi) is 1.11. The van der Waals surface area contributed by atoms with Gasteiger partial charge in [-0.15, -0.1) is 0 Å². The minimum absolute atomic E-state index is 0.156. The van der Waals surface area contributed by atoms with Gasteiger partial charge in [-0.1, -0.05) is 12.2 Å². The van der Waals surface area contributed by atoms with E-state index in [0.29, 0.717) is 6.42 Å². The molecule has 0 aromatic heterocycles. The van der Waals surface area contributed by atoms with Crippen LogP contribution in [0, 0.1) is 11.8 Å². The van der Waals surface area contributed by atoms with E-state index < -0.39 is 23.0 Å². The van der Waals surface area contributed by atoms with Gasteiger partial charge in [0.05, 0.1) is 0 Å². The number of esters is 2. The molecule has 5 nitrogen and oxygen atoms in total. The molecule has 2 bridgehead atoms. The van der Waals surface area contributed by atoms with Gasteiger partial charge in [0.15, 0.2) is 11.1 Å². The van der Waals surface area contributed by atoms with Crippen LogP contribution in [0.4, 0.5) is 0 Å². The molecule has 2 aliphatic carbocycles. The number of rotatable bonds is 0. The highest BCUT2D eigenvalue weighted by molar-refractivity contribution is 6.08. The highest BCUT2D eigenvalue weighted by Crippen LogP contribution is 2.54. The normalized spacial score (nSPS) is 53.9. The average molecular weight is 194 g/mol. The van der Waals surface area contributed by atoms with Crippen molar-refractivity contribution in [3.63, 3.8) is 0 Å². The standard InChI is InChI=1S/C9H10N2O3/c10-8-4-1-2-5(3-4)9(8,11)7(13)14-6(8)12/h1-2,4-5H,3,10-11H2. The lowest BCUT2D eigenvalue weighted by atomic mass is 9.72. The summed E-state index contributed by atoms with van der Waals surface area (Å²) in [5, 5.41) is 0. The first-order valence-corrected chi connectivity index (χ1v) is 4.54. The molecule has 3 aliphatic rings. The minimum Gasteiger partial charge on any atom is -0.390 e. The number of nitrogens with two attached hydrogens (primary N) is 2. The molecule has 1 heterocycles. The number of hydrogen-bond acceptors (Lipinski definition) is 5. The van der Waals surface area contributed by atoms with Crippen LogP contribution in [0.2, 0.25) is 0 Å². The van der Waals surface area contributed by atoms with Gasteiger partial charge in [0.1, 0.15) is 0 Å². The van der Waals surface area contributed by atoms with Gasteiger partial charge in [-0.3, -0.25) is 0 Å². The zero-order chi connectivity index (χ0) is 10.1. The van der Waals surface area contributed by atoms with E-state index >= 15 is 0 Å². The zero-order valence-corrected chi connectivity index (χ0v) is 7.40. The summed E-state index contributed by atoms with van der Waals surface area (Å²) in [5.41, 5.74) is 9.23. The van der Waals surface area contributed by atoms with Crippen molar-refractivity contribution in [2.45, 2.75) is 17.5 Å². The van der Waals surface area contributed by atoms with Gasteiger partial charge in [-0.2, -0.15) is 0 Å². The Labute approximate surface area is 80.1 Å². The van der Waals surface area contributed by atoms with E-state index in [-0.39, 0.29) is 11.8 Å². The summed E-state index contributed by atoms with van der Waals surface area (Å²) in [6, 6.07) is 0. The van der Waals surface area contributed by atoms with Gasteiger partial charge in [-0.25, -0.2) is 9.59 Å². The van der Waals surface area contributed by atoms with Crippen molar-refractivity contribution in [3.05, 3.63) is 12.2 Å². The van der Waals surface area contributed by atoms with Crippen molar-refractivity contribution in [2.24, 2.45) is 23.3 Å². The molecule has 0 spiro atoms. The van der Waals surface area contributed by atoms with Crippen LogP contribution in [0.1, 0.15) is 6.42 Å². The topological polar surface area (TPSA) is 95.4 Å². The number of cyclic esters (lactones) is 2. The predicted octanol–water partition coefficient (Wildman–Crippen LogP) is -1.33. The van der Waals surface area contributed by atoms with Crippen LogP contribution in [-0.2, 0) is 14.3 Å². The molecule has 0 radical (unpaired) electrons. The third-order valence-corrected chi connectivity index (χ3v) is 3.80. The Hall–Kier alpha value is -1.20. The third-order valence-electron chi connectivity index (χ3n) is 3.80. The first-order chi connectivity index (χ1) is 6.51. The van der Waals surface area contributed by atoms with Gasteiger partial charge >= 0.3 is 11.9 Å². The third kappa shape index (κ3) is 0.517. The number of ether oxygens (including phenoxy) is 1. The summed E-state index contributed by atoms with van der Waals surface area (Å²) in [6.45, 7) is 0. The summed E-state index contributed by atoms with van der Waals surface area (Å²) in [6.07, 6.45) is 4.39. The smallest absolute Gasteiger partial charge is 0.337 e. The summed E-state index contributed by atoms with van der Waals surface area (Å²) in [7, 11) is 0. The first kappa shape index (κ1) is 8.14. The molecule has 0 aromatic carbocycles. The van der Waals surface area contributed by atoms with Crippen LogP contribution in [-0.4, -0.2) is 23.0 Å². The van der Waals surface area contributed by atoms with E-state index in [9.17, 15) is 9.59 Å². The lowest BCUT2D eigenvalue weighted by Crippen LogP contribution is -2.70. The Morgan fingerprint density at radius 1 is 1.14 bits per heavy atom. The van der Waals surface area contributed by atoms with Crippen molar-refractivity contribution in [2.75, 3.05) is 0 Å². The van der Waals surface area contributed by atoms with Crippen LogP contribution in [0.15, 0.2) is 12.2 Å². The summed E-state index contributed by atoms with van der Waals surface area (Å²) in [4.78, 5) is 23.0. The van der Waals surface area contributed by atoms with Crippen molar-refractivity contribution in [3.8, 4) is 0 Å². The number of carbonyl (C=O) groups excluding carboxylic acids is 2. The predicted molar refractivity (Wildman–Crippen MR) is 45.7 cm³/mol. The summed E-state index contributed by atoms with van der Waals surface area (Å²) < 4.78 is 4.55. The molecule has 2 fully saturated rings. The second-order valence-corrected chi connectivity index (χ2v) is 4.25. The van der Waals surface area contributed by atoms with Crippen LogP contribution in [0.25, 0.3) is 0 Å². The monoisotopic (exact) mass is 194 g/mol. The van der Waals surface area contributed by atoms with Crippen LogP contribution >= 0.6 is 0 Å². The van der Waals surface area contributed by atoms with Crippen LogP contribution < -0.4 is 11.5 Å². The van der Waals surface area contributed by atoms with Crippen LogP contribution in [0.5, 0.6) is 0 Å². The lowest BCUT2D eigenvalue weighted by Gasteiger charge is -2.34. The number of hydrogen-bond donors (Lipinski definition) is 2. The molecule has 5 heteroatoms. The average Bonchev–Trinajstić information content (AvgIpc) is 2.73. The van der Waals surface area contributed by atoms with E-state index in [2.05, 4.69) is 4.74 Å². The second kappa shape index (κ2) is 1.92.